The second kappa shape index (κ2) is 7.68. The van der Waals surface area contributed by atoms with Crippen molar-refractivity contribution in [3.63, 3.8) is 0 Å². The van der Waals surface area contributed by atoms with Crippen LogP contribution < -0.4 is 9.62 Å². The van der Waals surface area contributed by atoms with Crippen LogP contribution in [0.2, 0.25) is 5.02 Å². The van der Waals surface area contributed by atoms with Gasteiger partial charge < -0.3 is 4.90 Å². The minimum atomic E-state index is -3.54. The largest absolute Gasteiger partial charge is 0.355 e. The summed E-state index contributed by atoms with van der Waals surface area (Å²) in [5, 5.41) is 0.458. The Morgan fingerprint density at radius 3 is 2.68 bits per heavy atom. The van der Waals surface area contributed by atoms with Gasteiger partial charge in [0.05, 0.1) is 11.1 Å². The van der Waals surface area contributed by atoms with Crippen LogP contribution in [0.5, 0.6) is 0 Å². The molecule has 0 aliphatic carbocycles. The summed E-state index contributed by atoms with van der Waals surface area (Å²) in [7, 11) is -3.54. The number of nitrogens with zero attached hydrogens (tertiary/aromatic N) is 3. The van der Waals surface area contributed by atoms with E-state index in [0.717, 1.165) is 37.3 Å². The Kier molecular flexibility index (Phi) is 5.56. The van der Waals surface area contributed by atoms with E-state index in [-0.39, 0.29) is 4.90 Å². The van der Waals surface area contributed by atoms with Crippen LogP contribution in [-0.2, 0) is 10.0 Å². The van der Waals surface area contributed by atoms with Crippen molar-refractivity contribution in [2.24, 2.45) is 5.92 Å². The second-order valence-corrected chi connectivity index (χ2v) is 8.43. The molecule has 1 N–H and O–H groups in total. The Bertz CT molecular complexity index is 822. The van der Waals surface area contributed by atoms with E-state index >= 15 is 0 Å². The highest BCUT2D eigenvalue weighted by atomic mass is 35.5. The monoisotopic (exact) mass is 380 g/mol. The van der Waals surface area contributed by atoms with Crippen LogP contribution >= 0.6 is 11.6 Å². The molecule has 1 saturated heterocycles. The van der Waals surface area contributed by atoms with Gasteiger partial charge in [0.25, 0.3) is 0 Å². The number of sulfonamides is 1. The molecule has 8 heteroatoms. The molecule has 2 heterocycles. The molecule has 1 aliphatic rings. The zero-order valence-corrected chi connectivity index (χ0v) is 15.6. The first kappa shape index (κ1) is 18.1. The quantitative estimate of drug-likeness (QED) is 0.863. The lowest BCUT2D eigenvalue weighted by atomic mass is 9.97. The van der Waals surface area contributed by atoms with Crippen LogP contribution in [0, 0.1) is 12.8 Å². The van der Waals surface area contributed by atoms with Crippen molar-refractivity contribution >= 4 is 27.4 Å². The van der Waals surface area contributed by atoms with Gasteiger partial charge in [-0.25, -0.2) is 18.1 Å². The van der Waals surface area contributed by atoms with Gasteiger partial charge in [0.1, 0.15) is 5.82 Å². The molecule has 2 aromatic rings. The minimum Gasteiger partial charge on any atom is -0.355 e. The van der Waals surface area contributed by atoms with E-state index in [9.17, 15) is 8.42 Å². The summed E-state index contributed by atoms with van der Waals surface area (Å²) in [6, 6.07) is 4.80. The normalized spacial score (nSPS) is 16.2. The fraction of sp³-hybridized carbons (Fsp3) is 0.412. The average molecular weight is 381 g/mol. The molecule has 1 aliphatic heterocycles. The number of aromatic nitrogens is 2. The molecule has 1 aromatic carbocycles. The molecule has 134 valence electrons. The lowest BCUT2D eigenvalue weighted by Gasteiger charge is -2.32. The van der Waals surface area contributed by atoms with Crippen molar-refractivity contribution in [2.75, 3.05) is 24.5 Å². The summed E-state index contributed by atoms with van der Waals surface area (Å²) in [4.78, 5) is 10.8. The molecule has 6 nitrogen and oxygen atoms in total. The van der Waals surface area contributed by atoms with E-state index < -0.39 is 10.0 Å². The molecule has 0 unspecified atom stereocenters. The van der Waals surface area contributed by atoms with Crippen LogP contribution in [0.3, 0.4) is 0 Å². The number of aryl methyl sites for hydroxylation is 1. The highest BCUT2D eigenvalue weighted by Crippen LogP contribution is 2.22. The Morgan fingerprint density at radius 2 is 2.04 bits per heavy atom. The van der Waals surface area contributed by atoms with Crippen molar-refractivity contribution in [2.45, 2.75) is 24.7 Å². The summed E-state index contributed by atoms with van der Waals surface area (Å²) in [5.74, 6) is 1.18. The van der Waals surface area contributed by atoms with Crippen LogP contribution in [0.25, 0.3) is 0 Å². The van der Waals surface area contributed by atoms with Gasteiger partial charge >= 0.3 is 0 Å². The number of hydrogen-bond donors (Lipinski definition) is 1. The third kappa shape index (κ3) is 4.48. The molecule has 0 spiro atoms. The first-order valence-electron chi connectivity index (χ1n) is 8.22. The van der Waals surface area contributed by atoms with E-state index in [1.807, 2.05) is 6.92 Å². The van der Waals surface area contributed by atoms with E-state index in [2.05, 4.69) is 19.6 Å². The molecule has 0 atom stereocenters. The van der Waals surface area contributed by atoms with Crippen molar-refractivity contribution < 1.29 is 8.42 Å². The highest BCUT2D eigenvalue weighted by Gasteiger charge is 2.23. The maximum atomic E-state index is 12.4. The minimum absolute atomic E-state index is 0.208. The number of rotatable bonds is 5. The van der Waals surface area contributed by atoms with E-state index in [0.29, 0.717) is 17.5 Å². The van der Waals surface area contributed by atoms with E-state index in [1.54, 1.807) is 30.7 Å². The number of anilines is 1. The lowest BCUT2D eigenvalue weighted by Crippen LogP contribution is -2.39. The number of piperidine rings is 1. The Hall–Kier alpha value is -1.70. The summed E-state index contributed by atoms with van der Waals surface area (Å²) < 4.78 is 27.6. The summed E-state index contributed by atoms with van der Waals surface area (Å²) in [6.45, 7) is 3.97. The van der Waals surface area contributed by atoms with Gasteiger partial charge in [0.15, 0.2) is 0 Å². The summed E-state index contributed by atoms with van der Waals surface area (Å²) in [6.07, 6.45) is 6.91. The molecular formula is C17H21ClN4O2S. The number of benzene rings is 1. The molecule has 0 amide bonds. The number of hydrogen-bond acceptors (Lipinski definition) is 5. The zero-order chi connectivity index (χ0) is 17.9. The SMILES string of the molecule is Cc1ccc(S(=O)(=O)NCC2CCN(c3cnccn3)CC2)cc1Cl. The van der Waals surface area contributed by atoms with Crippen molar-refractivity contribution in [1.29, 1.82) is 0 Å². The topological polar surface area (TPSA) is 75.2 Å². The Balaban J connectivity index is 1.55. The molecule has 0 saturated carbocycles. The maximum Gasteiger partial charge on any atom is 0.240 e. The smallest absolute Gasteiger partial charge is 0.240 e. The molecular weight excluding hydrogens is 360 g/mol. The average Bonchev–Trinajstić information content (AvgIpc) is 2.63. The Morgan fingerprint density at radius 1 is 1.28 bits per heavy atom. The molecule has 1 fully saturated rings. The van der Waals surface area contributed by atoms with Gasteiger partial charge in [0.2, 0.25) is 10.0 Å². The van der Waals surface area contributed by atoms with Crippen molar-refractivity contribution in [3.05, 3.63) is 47.4 Å². The molecule has 25 heavy (non-hydrogen) atoms. The van der Waals surface area contributed by atoms with Crippen LogP contribution in [0.4, 0.5) is 5.82 Å². The van der Waals surface area contributed by atoms with Gasteiger partial charge in [0, 0.05) is 37.1 Å². The van der Waals surface area contributed by atoms with Crippen LogP contribution in [0.1, 0.15) is 18.4 Å². The molecule has 1 aromatic heterocycles. The Labute approximate surface area is 153 Å². The van der Waals surface area contributed by atoms with Gasteiger partial charge in [-0.1, -0.05) is 17.7 Å². The van der Waals surface area contributed by atoms with Gasteiger partial charge in [-0.2, -0.15) is 0 Å². The number of nitrogens with one attached hydrogen (secondary N) is 1. The van der Waals surface area contributed by atoms with Crippen molar-refractivity contribution in [1.82, 2.24) is 14.7 Å². The molecule has 0 radical (unpaired) electrons. The fourth-order valence-electron chi connectivity index (χ4n) is 2.87. The van der Waals surface area contributed by atoms with E-state index in [4.69, 9.17) is 11.6 Å². The van der Waals surface area contributed by atoms with Crippen LogP contribution in [-0.4, -0.2) is 38.0 Å². The summed E-state index contributed by atoms with van der Waals surface area (Å²) in [5.41, 5.74) is 0.858. The third-order valence-corrected chi connectivity index (χ3v) is 6.33. The zero-order valence-electron chi connectivity index (χ0n) is 14.0. The van der Waals surface area contributed by atoms with Gasteiger partial charge in [-0.3, -0.25) is 4.98 Å². The van der Waals surface area contributed by atoms with Gasteiger partial charge in [-0.05, 0) is 43.4 Å². The first-order valence-corrected chi connectivity index (χ1v) is 10.1. The number of halogens is 1. The third-order valence-electron chi connectivity index (χ3n) is 4.50. The molecule has 0 bridgehead atoms. The van der Waals surface area contributed by atoms with Gasteiger partial charge in [-0.15, -0.1) is 0 Å². The second-order valence-electron chi connectivity index (χ2n) is 6.26. The predicted molar refractivity (Wildman–Crippen MR) is 98.3 cm³/mol. The van der Waals surface area contributed by atoms with Crippen LogP contribution in [0.15, 0.2) is 41.7 Å². The van der Waals surface area contributed by atoms with E-state index in [1.165, 1.54) is 6.07 Å². The first-order chi connectivity index (χ1) is 12.0. The maximum absolute atomic E-state index is 12.4. The standard InChI is InChI=1S/C17H21ClN4O2S/c1-13-2-3-15(10-16(13)18)25(23,24)21-11-14-4-8-22(9-5-14)17-12-19-6-7-20-17/h2-3,6-7,10,12,14,21H,4-5,8-9,11H2,1H3. The highest BCUT2D eigenvalue weighted by molar-refractivity contribution is 7.89. The van der Waals surface area contributed by atoms with Crippen molar-refractivity contribution in [3.8, 4) is 0 Å². The summed E-state index contributed by atoms with van der Waals surface area (Å²) >= 11 is 6.03. The molecule has 3 rings (SSSR count). The lowest BCUT2D eigenvalue weighted by molar-refractivity contribution is 0.400. The predicted octanol–water partition coefficient (Wildman–Crippen LogP) is 2.63. The fourth-order valence-corrected chi connectivity index (χ4v) is 4.26.